The van der Waals surface area contributed by atoms with Crippen LogP contribution in [0.1, 0.15) is 13.3 Å². The van der Waals surface area contributed by atoms with Gasteiger partial charge in [-0.15, -0.1) is 0 Å². The first-order chi connectivity index (χ1) is 10.5. The molecule has 22 heavy (non-hydrogen) atoms. The molecule has 0 spiro atoms. The van der Waals surface area contributed by atoms with Crippen molar-refractivity contribution in [1.82, 2.24) is 18.9 Å². The van der Waals surface area contributed by atoms with Crippen LogP contribution >= 0.6 is 11.8 Å². The van der Waals surface area contributed by atoms with E-state index in [4.69, 9.17) is 4.74 Å². The van der Waals surface area contributed by atoms with Gasteiger partial charge in [0.05, 0.1) is 6.61 Å². The maximum absolute atomic E-state index is 12.7. The van der Waals surface area contributed by atoms with Crippen LogP contribution in [0.25, 0.3) is 11.0 Å². The second-order valence-corrected chi connectivity index (χ2v) is 6.00. The van der Waals surface area contributed by atoms with E-state index in [0.29, 0.717) is 11.7 Å². The molecule has 1 aliphatic heterocycles. The standard InChI is InChI=1S/C13H16N4O4S/c1-3-21-8(18)7-17-12(20)10-9(11(19)15(17)2)14-13-16(10)5-4-6-22-13/h3-7H2,1-2H3. The van der Waals surface area contributed by atoms with E-state index in [0.717, 1.165) is 21.5 Å². The summed E-state index contributed by atoms with van der Waals surface area (Å²) in [5.74, 6) is 0.368. The SMILES string of the molecule is CCOC(=O)Cn1c(=O)c2c(nc3n2CCCS3)c(=O)n1C. The summed E-state index contributed by atoms with van der Waals surface area (Å²) in [6, 6.07) is 0. The molecule has 3 rings (SSSR count). The molecule has 0 unspecified atom stereocenters. The average molecular weight is 324 g/mol. The normalized spacial score (nSPS) is 14.1. The fourth-order valence-electron chi connectivity index (χ4n) is 2.53. The molecule has 0 N–H and O–H groups in total. The van der Waals surface area contributed by atoms with Gasteiger partial charge in [0.1, 0.15) is 12.1 Å². The second kappa shape index (κ2) is 5.64. The number of hydrogen-bond donors (Lipinski definition) is 0. The summed E-state index contributed by atoms with van der Waals surface area (Å²) in [6.07, 6.45) is 0.912. The number of ether oxygens (including phenoxy) is 1. The number of carbonyl (C=O) groups excluding carboxylic acids is 1. The van der Waals surface area contributed by atoms with E-state index in [9.17, 15) is 14.4 Å². The fraction of sp³-hybridized carbons (Fsp3) is 0.538. The van der Waals surface area contributed by atoms with Gasteiger partial charge in [0.15, 0.2) is 10.7 Å². The lowest BCUT2D eigenvalue weighted by molar-refractivity contribution is -0.144. The highest BCUT2D eigenvalue weighted by Gasteiger charge is 2.23. The molecular weight excluding hydrogens is 308 g/mol. The van der Waals surface area contributed by atoms with E-state index in [1.54, 1.807) is 11.5 Å². The van der Waals surface area contributed by atoms with Crippen molar-refractivity contribution in [3.05, 3.63) is 20.7 Å². The molecule has 2 aromatic rings. The van der Waals surface area contributed by atoms with Gasteiger partial charge in [-0.05, 0) is 13.3 Å². The Balaban J connectivity index is 2.24. The van der Waals surface area contributed by atoms with Crippen LogP contribution < -0.4 is 11.1 Å². The van der Waals surface area contributed by atoms with E-state index < -0.39 is 11.5 Å². The Morgan fingerprint density at radius 1 is 1.36 bits per heavy atom. The lowest BCUT2D eigenvalue weighted by Gasteiger charge is -2.14. The van der Waals surface area contributed by atoms with Gasteiger partial charge in [-0.3, -0.25) is 14.4 Å². The number of fused-ring (bicyclic) bond motifs is 3. The molecule has 0 bridgehead atoms. The zero-order valence-electron chi connectivity index (χ0n) is 12.4. The maximum atomic E-state index is 12.7. The predicted molar refractivity (Wildman–Crippen MR) is 81.2 cm³/mol. The number of aromatic nitrogens is 4. The van der Waals surface area contributed by atoms with Crippen LogP contribution in [-0.2, 0) is 29.7 Å². The minimum Gasteiger partial charge on any atom is -0.465 e. The van der Waals surface area contributed by atoms with Crippen LogP contribution in [0.5, 0.6) is 0 Å². The second-order valence-electron chi connectivity index (χ2n) is 4.94. The first kappa shape index (κ1) is 14.9. The Morgan fingerprint density at radius 2 is 2.14 bits per heavy atom. The zero-order valence-corrected chi connectivity index (χ0v) is 13.2. The Bertz CT molecular complexity index is 864. The topological polar surface area (TPSA) is 88.1 Å². The van der Waals surface area contributed by atoms with Crippen molar-refractivity contribution in [2.75, 3.05) is 12.4 Å². The first-order valence-electron chi connectivity index (χ1n) is 7.03. The molecule has 3 heterocycles. The molecule has 0 saturated carbocycles. The van der Waals surface area contributed by atoms with Crippen LogP contribution in [-0.4, -0.2) is 37.2 Å². The quantitative estimate of drug-likeness (QED) is 0.736. The number of esters is 1. The molecule has 9 heteroatoms. The third-order valence-corrected chi connectivity index (χ3v) is 4.63. The van der Waals surface area contributed by atoms with Crippen LogP contribution in [0.2, 0.25) is 0 Å². The molecule has 0 aromatic carbocycles. The van der Waals surface area contributed by atoms with Gasteiger partial charge in [0, 0.05) is 19.3 Å². The van der Waals surface area contributed by atoms with Crippen molar-refractivity contribution < 1.29 is 9.53 Å². The monoisotopic (exact) mass is 324 g/mol. The van der Waals surface area contributed by atoms with Crippen molar-refractivity contribution in [3.63, 3.8) is 0 Å². The Morgan fingerprint density at radius 3 is 2.86 bits per heavy atom. The first-order valence-corrected chi connectivity index (χ1v) is 8.02. The van der Waals surface area contributed by atoms with E-state index in [1.165, 1.54) is 18.8 Å². The molecule has 0 amide bonds. The Labute approximate surface area is 129 Å². The van der Waals surface area contributed by atoms with Gasteiger partial charge in [-0.2, -0.15) is 0 Å². The molecule has 0 aliphatic carbocycles. The van der Waals surface area contributed by atoms with Crippen LogP contribution in [0.3, 0.4) is 0 Å². The number of rotatable bonds is 3. The fourth-order valence-corrected chi connectivity index (χ4v) is 3.48. The third-order valence-electron chi connectivity index (χ3n) is 3.57. The number of thioether (sulfide) groups is 1. The Hall–Kier alpha value is -2.03. The summed E-state index contributed by atoms with van der Waals surface area (Å²) in [7, 11) is 1.45. The molecule has 1 aliphatic rings. The number of aryl methyl sites for hydroxylation is 1. The van der Waals surface area contributed by atoms with Gasteiger partial charge >= 0.3 is 5.97 Å². The largest absolute Gasteiger partial charge is 0.465 e. The summed E-state index contributed by atoms with van der Waals surface area (Å²) < 4.78 is 8.87. The predicted octanol–water partition coefficient (Wildman–Crippen LogP) is -0.0444. The number of carbonyl (C=O) groups is 1. The minimum atomic E-state index is -0.549. The van der Waals surface area contributed by atoms with Gasteiger partial charge < -0.3 is 9.30 Å². The summed E-state index contributed by atoms with van der Waals surface area (Å²) in [4.78, 5) is 41.1. The van der Waals surface area contributed by atoms with Crippen molar-refractivity contribution in [3.8, 4) is 0 Å². The smallest absolute Gasteiger partial charge is 0.327 e. The highest BCUT2D eigenvalue weighted by atomic mass is 32.2. The number of nitrogens with zero attached hydrogens (tertiary/aromatic N) is 4. The number of hydrogen-bond acceptors (Lipinski definition) is 6. The van der Waals surface area contributed by atoms with Crippen molar-refractivity contribution in [2.45, 2.75) is 31.6 Å². The Kier molecular flexibility index (Phi) is 3.81. The van der Waals surface area contributed by atoms with Crippen molar-refractivity contribution in [2.24, 2.45) is 7.05 Å². The lowest BCUT2D eigenvalue weighted by atomic mass is 10.4. The lowest BCUT2D eigenvalue weighted by Crippen LogP contribution is -2.39. The highest BCUT2D eigenvalue weighted by Crippen LogP contribution is 2.26. The van der Waals surface area contributed by atoms with Crippen molar-refractivity contribution >= 4 is 28.8 Å². The molecule has 2 aromatic heterocycles. The summed E-state index contributed by atoms with van der Waals surface area (Å²) in [6.45, 7) is 2.28. The van der Waals surface area contributed by atoms with Crippen LogP contribution in [0.4, 0.5) is 0 Å². The average Bonchev–Trinajstić information content (AvgIpc) is 2.89. The number of imidazole rings is 1. The molecule has 0 atom stereocenters. The van der Waals surface area contributed by atoms with Gasteiger partial charge in [-0.1, -0.05) is 11.8 Å². The molecule has 118 valence electrons. The highest BCUT2D eigenvalue weighted by molar-refractivity contribution is 7.99. The maximum Gasteiger partial charge on any atom is 0.327 e. The van der Waals surface area contributed by atoms with Gasteiger partial charge in [-0.25, -0.2) is 14.3 Å². The minimum absolute atomic E-state index is 0.164. The van der Waals surface area contributed by atoms with E-state index in [-0.39, 0.29) is 29.7 Å². The molecule has 0 fully saturated rings. The van der Waals surface area contributed by atoms with E-state index >= 15 is 0 Å². The molecule has 8 nitrogen and oxygen atoms in total. The third kappa shape index (κ3) is 2.25. The van der Waals surface area contributed by atoms with Gasteiger partial charge in [0.25, 0.3) is 11.1 Å². The van der Waals surface area contributed by atoms with Crippen LogP contribution in [0, 0.1) is 0 Å². The summed E-state index contributed by atoms with van der Waals surface area (Å²) in [5.41, 5.74) is -0.348. The van der Waals surface area contributed by atoms with Crippen LogP contribution in [0.15, 0.2) is 14.7 Å². The van der Waals surface area contributed by atoms with E-state index in [1.807, 2.05) is 0 Å². The van der Waals surface area contributed by atoms with Gasteiger partial charge in [0.2, 0.25) is 0 Å². The molecular formula is C13H16N4O4S. The summed E-state index contributed by atoms with van der Waals surface area (Å²) >= 11 is 1.53. The zero-order chi connectivity index (χ0) is 15.9. The molecule has 0 saturated heterocycles. The van der Waals surface area contributed by atoms with Crippen molar-refractivity contribution in [1.29, 1.82) is 0 Å². The van der Waals surface area contributed by atoms with E-state index in [2.05, 4.69) is 4.98 Å². The molecule has 0 radical (unpaired) electrons. The summed E-state index contributed by atoms with van der Waals surface area (Å²) in [5, 5.41) is 0.685.